The average molecular weight is 185 g/mol. The number of hydrogen-bond donors (Lipinski definition) is 2. The van der Waals surface area contributed by atoms with Crippen molar-refractivity contribution in [1.82, 2.24) is 14.9 Å². The number of H-pyrrole nitrogens is 1. The molecule has 0 aromatic carbocycles. The van der Waals surface area contributed by atoms with Crippen LogP contribution in [0.4, 0.5) is 4.39 Å². The SMILES string of the molecule is O=c1[nH]c(F)cn1C1CCNCC1. The van der Waals surface area contributed by atoms with Crippen LogP contribution < -0.4 is 11.0 Å². The van der Waals surface area contributed by atoms with Crippen LogP contribution in [0.5, 0.6) is 0 Å². The minimum atomic E-state index is -0.552. The van der Waals surface area contributed by atoms with Crippen LogP contribution in [-0.4, -0.2) is 22.6 Å². The molecular formula is C8H12FN3O. The molecule has 0 amide bonds. The third-order valence-electron chi connectivity index (χ3n) is 2.42. The minimum Gasteiger partial charge on any atom is -0.317 e. The summed E-state index contributed by atoms with van der Waals surface area (Å²) in [6.07, 6.45) is 3.02. The molecule has 2 rings (SSSR count). The maximum absolute atomic E-state index is 12.7. The zero-order valence-corrected chi connectivity index (χ0v) is 7.22. The van der Waals surface area contributed by atoms with Crippen molar-refractivity contribution in [2.45, 2.75) is 18.9 Å². The Bertz CT molecular complexity index is 337. The summed E-state index contributed by atoms with van der Waals surface area (Å²) < 4.78 is 14.1. The van der Waals surface area contributed by atoms with Crippen LogP contribution >= 0.6 is 0 Å². The molecule has 2 heterocycles. The normalized spacial score (nSPS) is 19.2. The number of nitrogens with one attached hydrogen (secondary N) is 2. The van der Waals surface area contributed by atoms with Crippen molar-refractivity contribution in [2.75, 3.05) is 13.1 Å². The summed E-state index contributed by atoms with van der Waals surface area (Å²) in [7, 11) is 0. The van der Waals surface area contributed by atoms with Crippen molar-refractivity contribution < 1.29 is 4.39 Å². The fourth-order valence-corrected chi connectivity index (χ4v) is 1.74. The van der Waals surface area contributed by atoms with E-state index in [9.17, 15) is 9.18 Å². The van der Waals surface area contributed by atoms with E-state index in [0.717, 1.165) is 25.9 Å². The summed E-state index contributed by atoms with van der Waals surface area (Å²) in [5, 5.41) is 3.19. The second-order valence-corrected chi connectivity index (χ2v) is 3.30. The van der Waals surface area contributed by atoms with Crippen molar-refractivity contribution in [1.29, 1.82) is 0 Å². The third kappa shape index (κ3) is 1.65. The molecule has 0 atom stereocenters. The van der Waals surface area contributed by atoms with E-state index < -0.39 is 5.95 Å². The van der Waals surface area contributed by atoms with E-state index in [-0.39, 0.29) is 11.7 Å². The van der Waals surface area contributed by atoms with Crippen LogP contribution in [0.15, 0.2) is 11.0 Å². The number of hydrogen-bond acceptors (Lipinski definition) is 2. The molecule has 1 aliphatic rings. The predicted octanol–water partition coefficient (Wildman–Crippen LogP) is 0.240. The van der Waals surface area contributed by atoms with Gasteiger partial charge in [0.25, 0.3) is 0 Å². The maximum Gasteiger partial charge on any atom is 0.328 e. The molecule has 4 nitrogen and oxygen atoms in total. The van der Waals surface area contributed by atoms with Crippen LogP contribution in [0, 0.1) is 5.95 Å². The van der Waals surface area contributed by atoms with Gasteiger partial charge in [0.05, 0.1) is 6.20 Å². The summed E-state index contributed by atoms with van der Waals surface area (Å²) in [5.74, 6) is -0.552. The van der Waals surface area contributed by atoms with E-state index >= 15 is 0 Å². The van der Waals surface area contributed by atoms with Crippen molar-refractivity contribution in [3.63, 3.8) is 0 Å². The molecular weight excluding hydrogens is 173 g/mol. The second-order valence-electron chi connectivity index (χ2n) is 3.30. The van der Waals surface area contributed by atoms with Gasteiger partial charge in [-0.15, -0.1) is 0 Å². The molecule has 72 valence electrons. The molecule has 0 bridgehead atoms. The summed E-state index contributed by atoms with van der Waals surface area (Å²) in [6.45, 7) is 1.79. The number of aromatic nitrogens is 2. The first-order valence-electron chi connectivity index (χ1n) is 4.45. The third-order valence-corrected chi connectivity index (χ3v) is 2.42. The van der Waals surface area contributed by atoms with Gasteiger partial charge in [-0.2, -0.15) is 4.39 Å². The molecule has 1 fully saturated rings. The van der Waals surface area contributed by atoms with Crippen LogP contribution in [-0.2, 0) is 0 Å². The van der Waals surface area contributed by atoms with E-state index in [0.29, 0.717) is 0 Å². The molecule has 2 N–H and O–H groups in total. The van der Waals surface area contributed by atoms with Crippen molar-refractivity contribution in [2.24, 2.45) is 0 Å². The summed E-state index contributed by atoms with van der Waals surface area (Å²) in [4.78, 5) is 13.3. The van der Waals surface area contributed by atoms with Crippen LogP contribution in [0.1, 0.15) is 18.9 Å². The van der Waals surface area contributed by atoms with Gasteiger partial charge in [0.15, 0.2) is 0 Å². The Morgan fingerprint density at radius 2 is 2.15 bits per heavy atom. The van der Waals surface area contributed by atoms with Gasteiger partial charge in [-0.05, 0) is 25.9 Å². The lowest BCUT2D eigenvalue weighted by molar-refractivity contribution is 0.360. The Morgan fingerprint density at radius 1 is 1.46 bits per heavy atom. The monoisotopic (exact) mass is 185 g/mol. The highest BCUT2D eigenvalue weighted by atomic mass is 19.1. The summed E-state index contributed by atoms with van der Waals surface area (Å²) in [6, 6.07) is 0.148. The zero-order valence-electron chi connectivity index (χ0n) is 7.22. The summed E-state index contributed by atoms with van der Waals surface area (Å²) >= 11 is 0. The maximum atomic E-state index is 12.7. The van der Waals surface area contributed by atoms with Gasteiger partial charge >= 0.3 is 5.69 Å². The minimum absolute atomic E-state index is 0.148. The van der Waals surface area contributed by atoms with Gasteiger partial charge in [0.2, 0.25) is 5.95 Å². The lowest BCUT2D eigenvalue weighted by Crippen LogP contribution is -2.32. The molecule has 0 radical (unpaired) electrons. The fourth-order valence-electron chi connectivity index (χ4n) is 1.74. The van der Waals surface area contributed by atoms with Gasteiger partial charge < -0.3 is 5.32 Å². The second kappa shape index (κ2) is 3.33. The standard InChI is InChI=1S/C8H12FN3O/c9-7-5-12(8(13)11-7)6-1-3-10-4-2-6/h5-6,10H,1-4H2,(H,11,13). The van der Waals surface area contributed by atoms with Gasteiger partial charge in [0, 0.05) is 6.04 Å². The topological polar surface area (TPSA) is 49.8 Å². The average Bonchev–Trinajstić information content (AvgIpc) is 2.47. The first-order valence-corrected chi connectivity index (χ1v) is 4.45. The van der Waals surface area contributed by atoms with E-state index in [1.165, 1.54) is 10.8 Å². The molecule has 1 aliphatic heterocycles. The molecule has 0 aliphatic carbocycles. The van der Waals surface area contributed by atoms with E-state index in [2.05, 4.69) is 10.3 Å². The molecule has 0 spiro atoms. The van der Waals surface area contributed by atoms with Crippen LogP contribution in [0.3, 0.4) is 0 Å². The molecule has 1 aromatic heterocycles. The predicted molar refractivity (Wildman–Crippen MR) is 46.2 cm³/mol. The largest absolute Gasteiger partial charge is 0.328 e. The van der Waals surface area contributed by atoms with E-state index in [1.54, 1.807) is 0 Å². The number of halogens is 1. The van der Waals surface area contributed by atoms with E-state index in [1.807, 2.05) is 0 Å². The number of piperidine rings is 1. The smallest absolute Gasteiger partial charge is 0.317 e. The number of imidazole rings is 1. The first kappa shape index (κ1) is 8.50. The van der Waals surface area contributed by atoms with Crippen molar-refractivity contribution in [3.05, 3.63) is 22.6 Å². The zero-order chi connectivity index (χ0) is 9.26. The Balaban J connectivity index is 2.23. The van der Waals surface area contributed by atoms with Gasteiger partial charge in [0.1, 0.15) is 0 Å². The Morgan fingerprint density at radius 3 is 2.69 bits per heavy atom. The molecule has 13 heavy (non-hydrogen) atoms. The number of rotatable bonds is 1. The van der Waals surface area contributed by atoms with Crippen LogP contribution in [0.2, 0.25) is 0 Å². The Kier molecular flexibility index (Phi) is 2.18. The first-order chi connectivity index (χ1) is 6.27. The highest BCUT2D eigenvalue weighted by molar-refractivity contribution is 4.86. The van der Waals surface area contributed by atoms with Gasteiger partial charge in [-0.1, -0.05) is 0 Å². The van der Waals surface area contributed by atoms with Crippen molar-refractivity contribution in [3.8, 4) is 0 Å². The molecule has 1 saturated heterocycles. The molecule has 0 saturated carbocycles. The molecule has 0 unspecified atom stereocenters. The summed E-state index contributed by atoms with van der Waals surface area (Å²) in [5.41, 5.74) is -0.343. The Hall–Kier alpha value is -1.10. The lowest BCUT2D eigenvalue weighted by atomic mass is 10.1. The highest BCUT2D eigenvalue weighted by Crippen LogP contribution is 2.15. The van der Waals surface area contributed by atoms with Gasteiger partial charge in [-0.3, -0.25) is 9.55 Å². The number of nitrogens with zero attached hydrogens (tertiary/aromatic N) is 1. The quantitative estimate of drug-likeness (QED) is 0.658. The molecule has 5 heteroatoms. The van der Waals surface area contributed by atoms with Gasteiger partial charge in [-0.25, -0.2) is 4.79 Å². The lowest BCUT2D eigenvalue weighted by Gasteiger charge is -2.22. The highest BCUT2D eigenvalue weighted by Gasteiger charge is 2.17. The van der Waals surface area contributed by atoms with E-state index in [4.69, 9.17) is 0 Å². The fraction of sp³-hybridized carbons (Fsp3) is 0.625. The molecule has 1 aromatic rings. The van der Waals surface area contributed by atoms with Crippen LogP contribution in [0.25, 0.3) is 0 Å². The Labute approximate surface area is 74.8 Å². The number of aromatic amines is 1. The van der Waals surface area contributed by atoms with Crippen molar-refractivity contribution >= 4 is 0 Å².